The zero-order chi connectivity index (χ0) is 9.31. The molecular weight excluding hydrogens is 160 g/mol. The van der Waals surface area contributed by atoms with E-state index in [4.69, 9.17) is 0 Å². The smallest absolute Gasteiger partial charge is 0.0529 e. The van der Waals surface area contributed by atoms with Crippen molar-refractivity contribution >= 4 is 5.69 Å². The topological polar surface area (TPSA) is 24.9 Å². The quantitative estimate of drug-likeness (QED) is 0.765. The van der Waals surface area contributed by atoms with E-state index < -0.39 is 0 Å². The lowest BCUT2D eigenvalue weighted by molar-refractivity contribution is 0.610. The molecule has 0 bridgehead atoms. The highest BCUT2D eigenvalue weighted by Gasteiger charge is 2.36. The van der Waals surface area contributed by atoms with Crippen molar-refractivity contribution in [3.05, 3.63) is 24.0 Å². The first kappa shape index (κ1) is 8.54. The largest absolute Gasteiger partial charge is 0.383 e. The van der Waals surface area contributed by atoms with Gasteiger partial charge in [0, 0.05) is 18.9 Å². The first-order chi connectivity index (χ1) is 6.18. The molecular formula is C11H16N2. The molecule has 13 heavy (non-hydrogen) atoms. The molecule has 0 aliphatic heterocycles. The van der Waals surface area contributed by atoms with Crippen molar-refractivity contribution in [2.45, 2.75) is 26.7 Å². The molecule has 2 rings (SSSR count). The van der Waals surface area contributed by atoms with E-state index in [2.05, 4.69) is 30.2 Å². The third-order valence-corrected chi connectivity index (χ3v) is 2.70. The van der Waals surface area contributed by atoms with Gasteiger partial charge >= 0.3 is 0 Å². The number of nitrogens with one attached hydrogen (secondary N) is 1. The molecule has 2 nitrogen and oxygen atoms in total. The summed E-state index contributed by atoms with van der Waals surface area (Å²) in [6, 6.07) is 2.14. The maximum absolute atomic E-state index is 4.14. The van der Waals surface area contributed by atoms with Crippen molar-refractivity contribution in [2.24, 2.45) is 5.41 Å². The second kappa shape index (κ2) is 3.02. The molecule has 1 aromatic heterocycles. The Morgan fingerprint density at radius 1 is 1.46 bits per heavy atom. The van der Waals surface area contributed by atoms with Crippen molar-refractivity contribution < 1.29 is 0 Å². The Hall–Kier alpha value is -1.05. The van der Waals surface area contributed by atoms with Gasteiger partial charge in [0.25, 0.3) is 0 Å². The van der Waals surface area contributed by atoms with Gasteiger partial charge in [0.15, 0.2) is 0 Å². The number of hydrogen-bond donors (Lipinski definition) is 1. The van der Waals surface area contributed by atoms with Crippen molar-refractivity contribution in [2.75, 3.05) is 11.9 Å². The van der Waals surface area contributed by atoms with Crippen LogP contribution in [0.1, 0.15) is 25.3 Å². The van der Waals surface area contributed by atoms with E-state index in [0.29, 0.717) is 5.41 Å². The van der Waals surface area contributed by atoms with Gasteiger partial charge in [0.05, 0.1) is 5.69 Å². The summed E-state index contributed by atoms with van der Waals surface area (Å²) < 4.78 is 0. The van der Waals surface area contributed by atoms with Gasteiger partial charge in [0.1, 0.15) is 0 Å². The molecule has 0 spiro atoms. The minimum atomic E-state index is 0.559. The van der Waals surface area contributed by atoms with Crippen LogP contribution >= 0.6 is 0 Å². The molecule has 1 heterocycles. The van der Waals surface area contributed by atoms with E-state index in [0.717, 1.165) is 12.2 Å². The third-order valence-electron chi connectivity index (χ3n) is 2.70. The van der Waals surface area contributed by atoms with Gasteiger partial charge in [-0.1, -0.05) is 6.92 Å². The fourth-order valence-electron chi connectivity index (χ4n) is 1.36. The minimum Gasteiger partial charge on any atom is -0.383 e. The lowest BCUT2D eigenvalue weighted by atomic mass is 10.1. The molecule has 2 heteroatoms. The summed E-state index contributed by atoms with van der Waals surface area (Å²) in [5.41, 5.74) is 2.92. The van der Waals surface area contributed by atoms with Crippen LogP contribution in [0.3, 0.4) is 0 Å². The van der Waals surface area contributed by atoms with Gasteiger partial charge < -0.3 is 5.32 Å². The Labute approximate surface area is 79.4 Å². The Bertz CT molecular complexity index is 303. The van der Waals surface area contributed by atoms with Crippen molar-refractivity contribution in [1.82, 2.24) is 4.98 Å². The number of hydrogen-bond acceptors (Lipinski definition) is 2. The fraction of sp³-hybridized carbons (Fsp3) is 0.545. The molecule has 1 aromatic rings. The number of aryl methyl sites for hydroxylation is 1. The van der Waals surface area contributed by atoms with Crippen molar-refractivity contribution in [3.63, 3.8) is 0 Å². The normalized spacial score (nSPS) is 18.3. The third kappa shape index (κ3) is 2.20. The summed E-state index contributed by atoms with van der Waals surface area (Å²) in [4.78, 5) is 4.14. The molecule has 0 unspecified atom stereocenters. The van der Waals surface area contributed by atoms with Crippen LogP contribution in [0, 0.1) is 12.3 Å². The summed E-state index contributed by atoms with van der Waals surface area (Å²) in [6.45, 7) is 5.47. The molecule has 0 aromatic carbocycles. The van der Waals surface area contributed by atoms with Gasteiger partial charge in [-0.05, 0) is 36.8 Å². The SMILES string of the molecule is Cc1cncc(NCC2(C)CC2)c1. The first-order valence-corrected chi connectivity index (χ1v) is 4.84. The molecule has 1 aliphatic rings. The molecule has 1 saturated carbocycles. The molecule has 1 fully saturated rings. The lowest BCUT2D eigenvalue weighted by Crippen LogP contribution is -2.11. The monoisotopic (exact) mass is 176 g/mol. The van der Waals surface area contributed by atoms with Crippen LogP contribution in [0.5, 0.6) is 0 Å². The number of nitrogens with zero attached hydrogens (tertiary/aromatic N) is 1. The van der Waals surface area contributed by atoms with Crippen LogP contribution in [0.4, 0.5) is 5.69 Å². The summed E-state index contributed by atoms with van der Waals surface area (Å²) in [6.07, 6.45) is 6.49. The highest BCUT2D eigenvalue weighted by molar-refractivity contribution is 5.42. The summed E-state index contributed by atoms with van der Waals surface area (Å²) in [7, 11) is 0. The highest BCUT2D eigenvalue weighted by Crippen LogP contribution is 2.44. The summed E-state index contributed by atoms with van der Waals surface area (Å²) >= 11 is 0. The Balaban J connectivity index is 1.94. The summed E-state index contributed by atoms with van der Waals surface area (Å²) in [5.74, 6) is 0. The van der Waals surface area contributed by atoms with Gasteiger partial charge in [0.2, 0.25) is 0 Å². The number of aromatic nitrogens is 1. The minimum absolute atomic E-state index is 0.559. The van der Waals surface area contributed by atoms with Crippen molar-refractivity contribution in [3.8, 4) is 0 Å². The Kier molecular flexibility index (Phi) is 1.98. The predicted molar refractivity (Wildman–Crippen MR) is 54.8 cm³/mol. The first-order valence-electron chi connectivity index (χ1n) is 4.84. The maximum atomic E-state index is 4.14. The molecule has 0 amide bonds. The van der Waals surface area contributed by atoms with Crippen LogP contribution in [0.25, 0.3) is 0 Å². The van der Waals surface area contributed by atoms with Gasteiger partial charge in [-0.25, -0.2) is 0 Å². The maximum Gasteiger partial charge on any atom is 0.0529 e. The molecule has 0 saturated heterocycles. The van der Waals surface area contributed by atoms with E-state index in [-0.39, 0.29) is 0 Å². The molecule has 0 atom stereocenters. The zero-order valence-electron chi connectivity index (χ0n) is 8.30. The standard InChI is InChI=1S/C11H16N2/c1-9-5-10(7-12-6-9)13-8-11(2)3-4-11/h5-7,13H,3-4,8H2,1-2H3. The second-order valence-electron chi connectivity index (χ2n) is 4.42. The second-order valence-corrected chi connectivity index (χ2v) is 4.42. The molecule has 0 radical (unpaired) electrons. The average molecular weight is 176 g/mol. The molecule has 1 N–H and O–H groups in total. The highest BCUT2D eigenvalue weighted by atomic mass is 14.9. The van der Waals surface area contributed by atoms with E-state index in [9.17, 15) is 0 Å². The number of pyridine rings is 1. The van der Waals surface area contributed by atoms with Gasteiger partial charge in [-0.15, -0.1) is 0 Å². The van der Waals surface area contributed by atoms with E-state index in [1.54, 1.807) is 0 Å². The number of rotatable bonds is 3. The summed E-state index contributed by atoms with van der Waals surface area (Å²) in [5, 5.41) is 3.43. The van der Waals surface area contributed by atoms with E-state index in [1.165, 1.54) is 18.4 Å². The molecule has 70 valence electrons. The fourth-order valence-corrected chi connectivity index (χ4v) is 1.36. The van der Waals surface area contributed by atoms with Crippen LogP contribution in [0.15, 0.2) is 18.5 Å². The van der Waals surface area contributed by atoms with Gasteiger partial charge in [-0.2, -0.15) is 0 Å². The van der Waals surface area contributed by atoms with Crippen LogP contribution < -0.4 is 5.32 Å². The average Bonchev–Trinajstić information content (AvgIpc) is 2.82. The van der Waals surface area contributed by atoms with E-state index in [1.807, 2.05) is 12.4 Å². The lowest BCUT2D eigenvalue weighted by Gasteiger charge is -2.10. The zero-order valence-corrected chi connectivity index (χ0v) is 8.30. The van der Waals surface area contributed by atoms with Crippen molar-refractivity contribution in [1.29, 1.82) is 0 Å². The van der Waals surface area contributed by atoms with Gasteiger partial charge in [-0.3, -0.25) is 4.98 Å². The predicted octanol–water partition coefficient (Wildman–Crippen LogP) is 2.60. The Morgan fingerprint density at radius 3 is 2.85 bits per heavy atom. The van der Waals surface area contributed by atoms with Crippen LogP contribution in [-0.4, -0.2) is 11.5 Å². The van der Waals surface area contributed by atoms with E-state index >= 15 is 0 Å². The number of anilines is 1. The Morgan fingerprint density at radius 2 is 2.23 bits per heavy atom. The molecule has 1 aliphatic carbocycles. The van der Waals surface area contributed by atoms with Crippen LogP contribution in [-0.2, 0) is 0 Å². The van der Waals surface area contributed by atoms with Crippen LogP contribution in [0.2, 0.25) is 0 Å².